The molecule has 1 aliphatic heterocycles. The summed E-state index contributed by atoms with van der Waals surface area (Å²) < 4.78 is 28.6. The van der Waals surface area contributed by atoms with Gasteiger partial charge in [0.15, 0.2) is 0 Å². The Labute approximate surface area is 320 Å². The second-order valence-corrected chi connectivity index (χ2v) is 19.1. The van der Waals surface area contributed by atoms with Crippen molar-refractivity contribution in [1.82, 2.24) is 0 Å². The van der Waals surface area contributed by atoms with Crippen molar-refractivity contribution in [2.45, 2.75) is 9.79 Å². The van der Waals surface area contributed by atoms with Gasteiger partial charge in [0, 0.05) is 60.3 Å². The van der Waals surface area contributed by atoms with Crippen molar-refractivity contribution < 1.29 is 23.7 Å². The lowest BCUT2D eigenvalue weighted by Gasteiger charge is -2.08. The van der Waals surface area contributed by atoms with Crippen LogP contribution in [0, 0.1) is 0 Å². The smallest absolute Gasteiger partial charge is 0.0701 e. The lowest BCUT2D eigenvalue weighted by Crippen LogP contribution is -2.13. The minimum Gasteiger partial charge on any atom is -0.378 e. The fraction of sp³-hybridized carbons (Fsp3) is 0.333. The van der Waals surface area contributed by atoms with Gasteiger partial charge in [-0.05, 0) is 71.4 Å². The molecule has 0 unspecified atom stereocenters. The molecule has 1 aliphatic rings. The zero-order chi connectivity index (χ0) is 33.1. The molecule has 6 aromatic heterocycles. The third-order valence-corrected chi connectivity index (χ3v) is 16.7. The first-order chi connectivity index (χ1) is 24.3. The van der Waals surface area contributed by atoms with E-state index in [0.29, 0.717) is 66.1 Å². The second-order valence-electron chi connectivity index (χ2n) is 10.6. The Morgan fingerprint density at radius 3 is 0.959 bits per heavy atom. The van der Waals surface area contributed by atoms with E-state index in [0.717, 1.165) is 11.5 Å². The van der Waals surface area contributed by atoms with E-state index in [2.05, 4.69) is 71.4 Å². The van der Waals surface area contributed by atoms with Crippen LogP contribution >= 0.6 is 91.5 Å². The summed E-state index contributed by atoms with van der Waals surface area (Å²) in [5.74, 6) is 1.82. The monoisotopic (exact) mass is 804 g/mol. The van der Waals surface area contributed by atoms with Crippen LogP contribution < -0.4 is 0 Å². The van der Waals surface area contributed by atoms with Crippen molar-refractivity contribution in [3.05, 3.63) is 71.4 Å². The molecule has 0 spiro atoms. The number of hydrogen-bond acceptors (Lipinski definition) is 13. The van der Waals surface area contributed by atoms with Gasteiger partial charge >= 0.3 is 0 Å². The molecule has 0 saturated heterocycles. The van der Waals surface area contributed by atoms with Gasteiger partial charge in [-0.1, -0.05) is 0 Å². The van der Waals surface area contributed by atoms with E-state index in [4.69, 9.17) is 23.7 Å². The van der Waals surface area contributed by atoms with Crippen LogP contribution in [0.4, 0.5) is 0 Å². The standard InChI is InChI=1S/C36H36O5S8/c1-3-27-29-5-7-33(48-29)35-31(9-21-44-35)42-23-19-40-17-15-38-13-11-37-12-14-39-16-18-41-20-24-43-32-10-22-45-36(32)34-8-6-30(49-34)28-4-2-26(47-28)25(1)46-27/h1-10,21-22H,11-20,23-24H2. The average Bonchev–Trinajstić information content (AvgIpc) is 3.96. The molecule has 5 nitrogen and oxygen atoms in total. The number of hydrogen-bond donors (Lipinski definition) is 0. The van der Waals surface area contributed by atoms with E-state index in [9.17, 15) is 0 Å². The Kier molecular flexibility index (Phi) is 14.0. The van der Waals surface area contributed by atoms with Crippen molar-refractivity contribution in [3.63, 3.8) is 0 Å². The fourth-order valence-corrected chi connectivity index (χ4v) is 13.7. The van der Waals surface area contributed by atoms with Gasteiger partial charge in [0.1, 0.15) is 0 Å². The predicted molar refractivity (Wildman–Crippen MR) is 216 cm³/mol. The quantitative estimate of drug-likeness (QED) is 0.152. The topological polar surface area (TPSA) is 46.2 Å². The van der Waals surface area contributed by atoms with Crippen LogP contribution in [-0.4, -0.2) is 77.6 Å². The van der Waals surface area contributed by atoms with E-state index in [-0.39, 0.29) is 0 Å². The van der Waals surface area contributed by atoms with Crippen LogP contribution in [0.3, 0.4) is 0 Å². The molecule has 0 amide bonds. The fourth-order valence-electron chi connectivity index (χ4n) is 4.97. The molecule has 0 N–H and O–H groups in total. The minimum absolute atomic E-state index is 0.554. The predicted octanol–water partition coefficient (Wildman–Crippen LogP) is 11.7. The molecular formula is C36H36O5S8. The summed E-state index contributed by atoms with van der Waals surface area (Å²) in [4.78, 5) is 15.9. The molecule has 6 aromatic rings. The summed E-state index contributed by atoms with van der Waals surface area (Å²) in [6, 6.07) is 22.7. The third-order valence-electron chi connectivity index (χ3n) is 7.32. The highest BCUT2D eigenvalue weighted by atomic mass is 32.2. The Morgan fingerprint density at radius 1 is 0.327 bits per heavy atom. The Balaban J connectivity index is 1.02. The second kappa shape index (κ2) is 19.0. The van der Waals surface area contributed by atoms with Crippen LogP contribution in [0.5, 0.6) is 0 Å². The summed E-state index contributed by atoms with van der Waals surface area (Å²) in [5.41, 5.74) is 0. The van der Waals surface area contributed by atoms with Crippen LogP contribution in [0.15, 0.2) is 81.2 Å². The summed E-state index contributed by atoms with van der Waals surface area (Å²) in [6.07, 6.45) is 0. The molecule has 0 aromatic carbocycles. The van der Waals surface area contributed by atoms with Gasteiger partial charge in [-0.15, -0.1) is 91.5 Å². The number of thiophene rings is 6. The van der Waals surface area contributed by atoms with E-state index >= 15 is 0 Å². The number of fused-ring (bicyclic) bond motifs is 15. The number of thioether (sulfide) groups is 2. The molecule has 0 fully saturated rings. The van der Waals surface area contributed by atoms with Crippen molar-refractivity contribution in [3.8, 4) is 48.8 Å². The zero-order valence-corrected chi connectivity index (χ0v) is 33.3. The van der Waals surface area contributed by atoms with Gasteiger partial charge in [-0.3, -0.25) is 0 Å². The highest BCUT2D eigenvalue weighted by molar-refractivity contribution is 7.99. The van der Waals surface area contributed by atoms with Gasteiger partial charge in [0.05, 0.1) is 75.8 Å². The van der Waals surface area contributed by atoms with Crippen LogP contribution in [0.25, 0.3) is 48.8 Å². The highest BCUT2D eigenvalue weighted by Crippen LogP contribution is 2.47. The summed E-state index contributed by atoms with van der Waals surface area (Å²) in [6.45, 7) is 5.93. The first-order valence-electron chi connectivity index (χ1n) is 16.0. The Morgan fingerprint density at radius 2 is 0.612 bits per heavy atom. The number of rotatable bonds is 0. The van der Waals surface area contributed by atoms with Gasteiger partial charge in [0.25, 0.3) is 0 Å². The van der Waals surface area contributed by atoms with Crippen molar-refractivity contribution in [2.75, 3.05) is 77.6 Å². The zero-order valence-electron chi connectivity index (χ0n) is 26.7. The molecular weight excluding hydrogens is 769 g/mol. The molecule has 0 atom stereocenters. The third kappa shape index (κ3) is 9.98. The largest absolute Gasteiger partial charge is 0.378 e. The SMILES string of the molecule is c1cc2c(s1)-c1ccc(s1)-c1ccc(s1)-c1ccc(s1)-c1ccc(s1)-c1sccc1SCCOCCOCCOCCOCCOCCS2. The molecule has 0 radical (unpaired) electrons. The van der Waals surface area contributed by atoms with E-state index in [1.54, 1.807) is 0 Å². The lowest BCUT2D eigenvalue weighted by molar-refractivity contribution is -0.00903. The van der Waals surface area contributed by atoms with Crippen LogP contribution in [0.1, 0.15) is 0 Å². The van der Waals surface area contributed by atoms with E-state index in [1.165, 1.54) is 58.6 Å². The first-order valence-corrected chi connectivity index (χ1v) is 23.0. The molecule has 49 heavy (non-hydrogen) atoms. The van der Waals surface area contributed by atoms with E-state index in [1.807, 2.05) is 91.5 Å². The molecule has 258 valence electrons. The summed E-state index contributed by atoms with van der Waals surface area (Å²) >= 11 is 14.9. The van der Waals surface area contributed by atoms with Gasteiger partial charge in [0.2, 0.25) is 0 Å². The molecule has 0 saturated carbocycles. The van der Waals surface area contributed by atoms with Crippen molar-refractivity contribution in [2.24, 2.45) is 0 Å². The molecule has 7 heterocycles. The normalized spacial score (nSPS) is 16.7. The maximum atomic E-state index is 5.82. The summed E-state index contributed by atoms with van der Waals surface area (Å²) in [5, 5.41) is 4.39. The summed E-state index contributed by atoms with van der Waals surface area (Å²) in [7, 11) is 0. The Hall–Kier alpha value is -1.30. The molecule has 7 rings (SSSR count). The Bertz CT molecular complexity index is 1730. The van der Waals surface area contributed by atoms with Crippen molar-refractivity contribution in [1.29, 1.82) is 0 Å². The minimum atomic E-state index is 0.554. The van der Waals surface area contributed by atoms with Gasteiger partial charge in [-0.25, -0.2) is 0 Å². The van der Waals surface area contributed by atoms with Crippen molar-refractivity contribution >= 4 is 91.5 Å². The van der Waals surface area contributed by atoms with Crippen LogP contribution in [0.2, 0.25) is 0 Å². The maximum Gasteiger partial charge on any atom is 0.0701 e. The van der Waals surface area contributed by atoms with Gasteiger partial charge in [-0.2, -0.15) is 0 Å². The van der Waals surface area contributed by atoms with Gasteiger partial charge < -0.3 is 23.7 Å². The molecule has 0 aliphatic carbocycles. The van der Waals surface area contributed by atoms with Crippen LogP contribution in [-0.2, 0) is 23.7 Å². The molecule has 13 heteroatoms. The van der Waals surface area contributed by atoms with E-state index < -0.39 is 0 Å². The highest BCUT2D eigenvalue weighted by Gasteiger charge is 2.16. The maximum absolute atomic E-state index is 5.82. The number of ether oxygens (including phenoxy) is 5. The lowest BCUT2D eigenvalue weighted by atomic mass is 10.3. The molecule has 8 bridgehead atoms. The average molecular weight is 805 g/mol. The first kappa shape index (κ1) is 36.1.